The molecule has 44 heavy (non-hydrogen) atoms. The van der Waals surface area contributed by atoms with E-state index in [1.807, 2.05) is 87.5 Å². The minimum absolute atomic E-state index is 0.267. The van der Waals surface area contributed by atoms with Crippen LogP contribution in [0.15, 0.2) is 97.1 Å². The molecule has 9 heteroatoms. The summed E-state index contributed by atoms with van der Waals surface area (Å²) in [5, 5.41) is 12.6. The summed E-state index contributed by atoms with van der Waals surface area (Å²) in [5.41, 5.74) is 5.42. The monoisotopic (exact) mass is 608 g/mol. The van der Waals surface area contributed by atoms with Crippen LogP contribution in [0.5, 0.6) is 0 Å². The highest BCUT2D eigenvalue weighted by Crippen LogP contribution is 2.38. The van der Waals surface area contributed by atoms with Crippen molar-refractivity contribution in [3.05, 3.63) is 130 Å². The van der Waals surface area contributed by atoms with Gasteiger partial charge in [-0.2, -0.15) is 0 Å². The molecule has 0 fully saturated rings. The fourth-order valence-corrected chi connectivity index (χ4v) is 4.92. The van der Waals surface area contributed by atoms with Crippen molar-refractivity contribution in [3.63, 3.8) is 0 Å². The number of hydrogen-bond acceptors (Lipinski definition) is 5. The number of nitrogens with one attached hydrogen (secondary N) is 4. The Hall–Kier alpha value is -5.08. The number of benzene rings is 4. The molecular weight excluding hydrogens is 576 g/mol. The molecule has 4 N–H and O–H groups in total. The average molecular weight is 609 g/mol. The van der Waals surface area contributed by atoms with Crippen LogP contribution >= 0.6 is 11.6 Å². The van der Waals surface area contributed by atoms with Crippen LogP contribution in [0.3, 0.4) is 0 Å². The predicted octanol–water partition coefficient (Wildman–Crippen LogP) is 7.23. The standard InChI is InChI=1S/C35H33ClN4O4/c1-35(2,3)44-34(43)38-20-22-12-15-27(16-13-22)39-31(24-9-5-4-6-10-24)30-28-19-25(14-17-29(28)40-33(30)42)32(41)37-21-23-8-7-11-26(36)18-23/h4-19,39H,20-21H2,1-3H3,(H,37,41)(H,38,43)(H,40,42)/b31-30-. The Bertz CT molecular complexity index is 1730. The Balaban J connectivity index is 1.40. The van der Waals surface area contributed by atoms with Gasteiger partial charge in [0, 0.05) is 40.6 Å². The second-order valence-electron chi connectivity index (χ2n) is 11.3. The zero-order valence-electron chi connectivity index (χ0n) is 24.7. The van der Waals surface area contributed by atoms with Crippen LogP contribution in [0, 0.1) is 0 Å². The molecule has 0 aliphatic carbocycles. The first kappa shape index (κ1) is 30.4. The summed E-state index contributed by atoms with van der Waals surface area (Å²) in [6.07, 6.45) is -0.487. The first-order valence-corrected chi connectivity index (χ1v) is 14.5. The Morgan fingerprint density at radius 1 is 0.795 bits per heavy atom. The number of fused-ring (bicyclic) bond motifs is 1. The number of rotatable bonds is 8. The molecule has 1 aliphatic rings. The molecule has 1 aliphatic heterocycles. The van der Waals surface area contributed by atoms with Crippen LogP contribution in [-0.4, -0.2) is 23.5 Å². The lowest BCUT2D eigenvalue weighted by Crippen LogP contribution is -2.32. The van der Waals surface area contributed by atoms with Crippen LogP contribution in [0.25, 0.3) is 11.3 Å². The van der Waals surface area contributed by atoms with E-state index in [1.54, 1.807) is 30.3 Å². The molecule has 0 unspecified atom stereocenters. The summed E-state index contributed by atoms with van der Waals surface area (Å²) < 4.78 is 5.31. The van der Waals surface area contributed by atoms with Gasteiger partial charge in [0.2, 0.25) is 0 Å². The summed E-state index contributed by atoms with van der Waals surface area (Å²) in [6, 6.07) is 29.5. The zero-order chi connectivity index (χ0) is 31.3. The second kappa shape index (κ2) is 13.1. The lowest BCUT2D eigenvalue weighted by Gasteiger charge is -2.19. The van der Waals surface area contributed by atoms with Gasteiger partial charge in [0.15, 0.2) is 0 Å². The number of ether oxygens (including phenoxy) is 1. The molecule has 0 aromatic heterocycles. The molecule has 0 saturated heterocycles. The van der Waals surface area contributed by atoms with Gasteiger partial charge in [0.25, 0.3) is 11.8 Å². The van der Waals surface area contributed by atoms with Gasteiger partial charge in [0.1, 0.15) is 5.60 Å². The summed E-state index contributed by atoms with van der Waals surface area (Å²) in [6.45, 7) is 6.06. The topological polar surface area (TPSA) is 109 Å². The highest BCUT2D eigenvalue weighted by Gasteiger charge is 2.29. The summed E-state index contributed by atoms with van der Waals surface area (Å²) in [5.74, 6) is -0.544. The van der Waals surface area contributed by atoms with Gasteiger partial charge in [0.05, 0.1) is 11.3 Å². The summed E-state index contributed by atoms with van der Waals surface area (Å²) >= 11 is 6.08. The normalized spacial score (nSPS) is 13.4. The molecule has 4 aromatic rings. The third-order valence-electron chi connectivity index (χ3n) is 6.74. The minimum Gasteiger partial charge on any atom is -0.444 e. The summed E-state index contributed by atoms with van der Waals surface area (Å²) in [7, 11) is 0. The number of hydrogen-bond donors (Lipinski definition) is 4. The van der Waals surface area contributed by atoms with Gasteiger partial charge < -0.3 is 26.0 Å². The molecule has 0 saturated carbocycles. The van der Waals surface area contributed by atoms with Gasteiger partial charge in [-0.1, -0.05) is 66.2 Å². The molecule has 4 aromatic carbocycles. The zero-order valence-corrected chi connectivity index (χ0v) is 25.4. The molecule has 1 heterocycles. The van der Waals surface area contributed by atoms with Crippen LogP contribution in [0.2, 0.25) is 5.02 Å². The molecule has 224 valence electrons. The fourth-order valence-electron chi connectivity index (χ4n) is 4.71. The predicted molar refractivity (Wildman–Crippen MR) is 174 cm³/mol. The van der Waals surface area contributed by atoms with Crippen LogP contribution in [-0.2, 0) is 22.6 Å². The number of carbonyl (C=O) groups is 3. The highest BCUT2D eigenvalue weighted by molar-refractivity contribution is 6.37. The third-order valence-corrected chi connectivity index (χ3v) is 6.98. The van der Waals surface area contributed by atoms with Gasteiger partial charge in [-0.3, -0.25) is 9.59 Å². The van der Waals surface area contributed by atoms with Crippen LogP contribution in [0.4, 0.5) is 16.2 Å². The van der Waals surface area contributed by atoms with E-state index < -0.39 is 11.7 Å². The number of carbonyl (C=O) groups excluding carboxylic acids is 3. The van der Waals surface area contributed by atoms with E-state index in [9.17, 15) is 14.4 Å². The van der Waals surface area contributed by atoms with Crippen molar-refractivity contribution in [1.82, 2.24) is 10.6 Å². The number of halogens is 1. The SMILES string of the molecule is CC(C)(C)OC(=O)NCc1ccc(N/C(=C2\C(=O)Nc3ccc(C(=O)NCc4cccc(Cl)c4)cc32)c2ccccc2)cc1. The van der Waals surface area contributed by atoms with Crippen molar-refractivity contribution < 1.29 is 19.1 Å². The number of anilines is 2. The molecule has 8 nitrogen and oxygen atoms in total. The first-order chi connectivity index (χ1) is 21.1. The average Bonchev–Trinajstić information content (AvgIpc) is 3.32. The van der Waals surface area contributed by atoms with Gasteiger partial charge in [-0.15, -0.1) is 0 Å². The van der Waals surface area contributed by atoms with Gasteiger partial charge in [-0.25, -0.2) is 4.79 Å². The van der Waals surface area contributed by atoms with E-state index >= 15 is 0 Å². The quantitative estimate of drug-likeness (QED) is 0.158. The number of alkyl carbamates (subject to hydrolysis) is 1. The third kappa shape index (κ3) is 7.65. The minimum atomic E-state index is -0.578. The molecule has 0 atom stereocenters. The lowest BCUT2D eigenvalue weighted by molar-refractivity contribution is -0.110. The molecule has 0 bridgehead atoms. The fraction of sp³-hybridized carbons (Fsp3) is 0.171. The van der Waals surface area contributed by atoms with Gasteiger partial charge in [-0.05, 0) is 79.9 Å². The van der Waals surface area contributed by atoms with Crippen molar-refractivity contribution in [2.24, 2.45) is 0 Å². The maximum Gasteiger partial charge on any atom is 0.407 e. The molecule has 3 amide bonds. The van der Waals surface area contributed by atoms with E-state index in [1.165, 1.54) is 0 Å². The van der Waals surface area contributed by atoms with E-state index in [0.717, 1.165) is 22.4 Å². The van der Waals surface area contributed by atoms with Gasteiger partial charge >= 0.3 is 6.09 Å². The van der Waals surface area contributed by atoms with Crippen molar-refractivity contribution in [3.8, 4) is 0 Å². The van der Waals surface area contributed by atoms with Crippen molar-refractivity contribution in [2.45, 2.75) is 39.5 Å². The Labute approximate surface area is 261 Å². The first-order valence-electron chi connectivity index (χ1n) is 14.2. The molecule has 0 radical (unpaired) electrons. The highest BCUT2D eigenvalue weighted by atomic mass is 35.5. The molecule has 0 spiro atoms. The Kier molecular flexibility index (Phi) is 9.01. The Morgan fingerprint density at radius 3 is 2.23 bits per heavy atom. The second-order valence-corrected chi connectivity index (χ2v) is 11.8. The Morgan fingerprint density at radius 2 is 1.52 bits per heavy atom. The van der Waals surface area contributed by atoms with E-state index in [4.69, 9.17) is 16.3 Å². The molecule has 5 rings (SSSR count). The lowest BCUT2D eigenvalue weighted by atomic mass is 9.98. The van der Waals surface area contributed by atoms with E-state index in [2.05, 4.69) is 21.3 Å². The largest absolute Gasteiger partial charge is 0.444 e. The maximum atomic E-state index is 13.4. The summed E-state index contributed by atoms with van der Waals surface area (Å²) in [4.78, 5) is 38.5. The van der Waals surface area contributed by atoms with E-state index in [-0.39, 0.29) is 11.8 Å². The smallest absolute Gasteiger partial charge is 0.407 e. The van der Waals surface area contributed by atoms with Crippen LogP contribution in [0.1, 0.15) is 53.4 Å². The number of amides is 3. The van der Waals surface area contributed by atoms with Crippen molar-refractivity contribution >= 4 is 52.2 Å². The van der Waals surface area contributed by atoms with E-state index in [0.29, 0.717) is 46.2 Å². The molecular formula is C35H33ClN4O4. The van der Waals surface area contributed by atoms with Crippen molar-refractivity contribution in [1.29, 1.82) is 0 Å². The van der Waals surface area contributed by atoms with Crippen LogP contribution < -0.4 is 21.3 Å². The van der Waals surface area contributed by atoms with Crippen molar-refractivity contribution in [2.75, 3.05) is 10.6 Å². The maximum absolute atomic E-state index is 13.4.